The normalized spacial score (nSPS) is 20.4. The first-order valence-corrected chi connectivity index (χ1v) is 5.21. The molecule has 0 saturated carbocycles. The number of halogens is 1. The van der Waals surface area contributed by atoms with E-state index in [4.69, 9.17) is 0 Å². The molecule has 2 aromatic rings. The van der Waals surface area contributed by atoms with Crippen molar-refractivity contribution in [1.82, 2.24) is 10.3 Å². The Bertz CT molecular complexity index is 444. The summed E-state index contributed by atoms with van der Waals surface area (Å²) in [5, 5.41) is 4.71. The van der Waals surface area contributed by atoms with Crippen LogP contribution in [0.3, 0.4) is 0 Å². The van der Waals surface area contributed by atoms with E-state index in [1.165, 1.54) is 22.9 Å². The third-order valence-corrected chi connectivity index (χ3v) is 3.11. The minimum atomic E-state index is 0. The molecule has 1 atom stereocenters. The van der Waals surface area contributed by atoms with Crippen LogP contribution in [0.1, 0.15) is 17.9 Å². The maximum atomic E-state index is 3.40. The Kier molecular flexibility index (Phi) is 2.98. The van der Waals surface area contributed by atoms with Gasteiger partial charge >= 0.3 is 0 Å². The van der Waals surface area contributed by atoms with Crippen molar-refractivity contribution in [3.05, 3.63) is 36.0 Å². The van der Waals surface area contributed by atoms with Gasteiger partial charge in [-0.3, -0.25) is 0 Å². The zero-order chi connectivity index (χ0) is 9.38. The molecule has 1 aliphatic rings. The van der Waals surface area contributed by atoms with Crippen LogP contribution in [0.2, 0.25) is 0 Å². The van der Waals surface area contributed by atoms with Gasteiger partial charge in [0, 0.05) is 18.3 Å². The summed E-state index contributed by atoms with van der Waals surface area (Å²) in [4.78, 5) is 3.26. The van der Waals surface area contributed by atoms with Crippen molar-refractivity contribution < 1.29 is 0 Å². The van der Waals surface area contributed by atoms with Crippen molar-refractivity contribution in [2.24, 2.45) is 0 Å². The second kappa shape index (κ2) is 4.25. The molecule has 3 heteroatoms. The third kappa shape index (κ3) is 1.87. The van der Waals surface area contributed by atoms with Crippen molar-refractivity contribution in [1.29, 1.82) is 0 Å². The highest BCUT2D eigenvalue weighted by Gasteiger charge is 2.16. The molecule has 80 valence electrons. The van der Waals surface area contributed by atoms with Crippen molar-refractivity contribution in [2.45, 2.75) is 12.3 Å². The number of rotatable bonds is 1. The Morgan fingerprint density at radius 1 is 1.20 bits per heavy atom. The van der Waals surface area contributed by atoms with Gasteiger partial charge in [-0.15, -0.1) is 12.4 Å². The number of nitrogens with one attached hydrogen (secondary N) is 2. The summed E-state index contributed by atoms with van der Waals surface area (Å²) in [5.41, 5.74) is 2.72. The second-order valence-corrected chi connectivity index (χ2v) is 4.01. The Morgan fingerprint density at radius 2 is 2.13 bits per heavy atom. The Morgan fingerprint density at radius 3 is 2.93 bits per heavy atom. The van der Waals surface area contributed by atoms with Crippen molar-refractivity contribution in [3.63, 3.8) is 0 Å². The van der Waals surface area contributed by atoms with E-state index < -0.39 is 0 Å². The van der Waals surface area contributed by atoms with Gasteiger partial charge in [-0.05, 0) is 42.0 Å². The van der Waals surface area contributed by atoms with E-state index in [1.807, 2.05) is 6.20 Å². The van der Waals surface area contributed by atoms with Crippen LogP contribution in [0.15, 0.2) is 30.5 Å². The van der Waals surface area contributed by atoms with Gasteiger partial charge in [0.2, 0.25) is 0 Å². The molecule has 1 fully saturated rings. The highest BCUT2D eigenvalue weighted by atomic mass is 35.5. The molecular formula is C12H15ClN2. The van der Waals surface area contributed by atoms with Gasteiger partial charge in [-0.25, -0.2) is 0 Å². The Hall–Kier alpha value is -0.990. The minimum Gasteiger partial charge on any atom is -0.361 e. The smallest absolute Gasteiger partial charge is 0.0456 e. The lowest BCUT2D eigenvalue weighted by atomic mass is 9.98. The van der Waals surface area contributed by atoms with E-state index >= 15 is 0 Å². The fourth-order valence-electron chi connectivity index (χ4n) is 2.26. The number of fused-ring (bicyclic) bond motifs is 1. The van der Waals surface area contributed by atoms with Gasteiger partial charge in [0.15, 0.2) is 0 Å². The highest BCUT2D eigenvalue weighted by Crippen LogP contribution is 2.25. The van der Waals surface area contributed by atoms with E-state index in [0.29, 0.717) is 5.92 Å². The summed E-state index contributed by atoms with van der Waals surface area (Å²) in [6.45, 7) is 2.29. The molecular weight excluding hydrogens is 208 g/mol. The number of aromatic amines is 1. The first-order valence-electron chi connectivity index (χ1n) is 5.21. The molecule has 0 radical (unpaired) electrons. The minimum absolute atomic E-state index is 0. The Balaban J connectivity index is 0.000000853. The van der Waals surface area contributed by atoms with Crippen LogP contribution in [0, 0.1) is 0 Å². The topological polar surface area (TPSA) is 27.8 Å². The van der Waals surface area contributed by atoms with Gasteiger partial charge in [0.25, 0.3) is 0 Å². The van der Waals surface area contributed by atoms with Gasteiger partial charge in [-0.2, -0.15) is 0 Å². The maximum Gasteiger partial charge on any atom is 0.0456 e. The first kappa shape index (κ1) is 10.5. The zero-order valence-corrected chi connectivity index (χ0v) is 9.31. The summed E-state index contributed by atoms with van der Waals surface area (Å²) in [7, 11) is 0. The van der Waals surface area contributed by atoms with Crippen LogP contribution in [-0.2, 0) is 0 Å². The average Bonchev–Trinajstić information content (AvgIpc) is 2.88. The maximum absolute atomic E-state index is 3.40. The lowest BCUT2D eigenvalue weighted by Crippen LogP contribution is -2.07. The van der Waals surface area contributed by atoms with Crippen molar-refractivity contribution >= 4 is 23.3 Å². The molecule has 1 unspecified atom stereocenters. The summed E-state index contributed by atoms with van der Waals surface area (Å²) in [6, 6.07) is 8.87. The lowest BCUT2D eigenvalue weighted by molar-refractivity contribution is 0.764. The van der Waals surface area contributed by atoms with Crippen LogP contribution >= 0.6 is 12.4 Å². The van der Waals surface area contributed by atoms with E-state index in [0.717, 1.165) is 13.1 Å². The standard InChI is InChI=1S/C12H14N2.ClH/c1-2-10(11-3-5-13-8-11)7-12-9(1)4-6-14-12;/h1-2,4,6-7,11,13-14H,3,5,8H2;1H. The number of benzene rings is 1. The molecule has 0 aliphatic carbocycles. The Labute approximate surface area is 95.5 Å². The van der Waals surface area contributed by atoms with Crippen LogP contribution in [0.5, 0.6) is 0 Å². The summed E-state index contributed by atoms with van der Waals surface area (Å²) in [5.74, 6) is 0.711. The highest BCUT2D eigenvalue weighted by molar-refractivity contribution is 5.85. The van der Waals surface area contributed by atoms with Crippen LogP contribution in [0.25, 0.3) is 10.9 Å². The largest absolute Gasteiger partial charge is 0.361 e. The van der Waals surface area contributed by atoms with E-state index in [2.05, 4.69) is 34.6 Å². The number of H-pyrrole nitrogens is 1. The molecule has 15 heavy (non-hydrogen) atoms. The molecule has 2 N–H and O–H groups in total. The van der Waals surface area contributed by atoms with Crippen molar-refractivity contribution in [2.75, 3.05) is 13.1 Å². The fourth-order valence-corrected chi connectivity index (χ4v) is 2.26. The van der Waals surface area contributed by atoms with Gasteiger partial charge in [-0.1, -0.05) is 12.1 Å². The predicted molar refractivity (Wildman–Crippen MR) is 65.8 cm³/mol. The van der Waals surface area contributed by atoms with Gasteiger partial charge in [0.1, 0.15) is 0 Å². The van der Waals surface area contributed by atoms with E-state index in [9.17, 15) is 0 Å². The number of aromatic nitrogens is 1. The molecule has 3 rings (SSSR count). The molecule has 0 spiro atoms. The predicted octanol–water partition coefficient (Wildman–Crippen LogP) is 2.67. The molecule has 1 aromatic carbocycles. The van der Waals surface area contributed by atoms with E-state index in [1.54, 1.807) is 0 Å². The molecule has 1 aromatic heterocycles. The summed E-state index contributed by atoms with van der Waals surface area (Å²) >= 11 is 0. The average molecular weight is 223 g/mol. The van der Waals surface area contributed by atoms with Crippen LogP contribution < -0.4 is 5.32 Å². The summed E-state index contributed by atoms with van der Waals surface area (Å²) < 4.78 is 0. The lowest BCUT2D eigenvalue weighted by Gasteiger charge is -2.08. The van der Waals surface area contributed by atoms with E-state index in [-0.39, 0.29) is 12.4 Å². The second-order valence-electron chi connectivity index (χ2n) is 4.01. The van der Waals surface area contributed by atoms with Crippen molar-refractivity contribution in [3.8, 4) is 0 Å². The first-order chi connectivity index (χ1) is 6.93. The molecule has 2 heterocycles. The SMILES string of the molecule is Cl.c1cc2ccc(C3CCNC3)cc2[nH]1. The van der Waals surface area contributed by atoms with Gasteiger partial charge in [0.05, 0.1) is 0 Å². The zero-order valence-electron chi connectivity index (χ0n) is 8.49. The third-order valence-electron chi connectivity index (χ3n) is 3.11. The monoisotopic (exact) mass is 222 g/mol. The molecule has 0 bridgehead atoms. The fraction of sp³-hybridized carbons (Fsp3) is 0.333. The van der Waals surface area contributed by atoms with Crippen LogP contribution in [0.4, 0.5) is 0 Å². The molecule has 0 amide bonds. The number of hydrogen-bond donors (Lipinski definition) is 2. The molecule has 1 aliphatic heterocycles. The quantitative estimate of drug-likeness (QED) is 0.763. The molecule has 1 saturated heterocycles. The van der Waals surface area contributed by atoms with Crippen LogP contribution in [-0.4, -0.2) is 18.1 Å². The van der Waals surface area contributed by atoms with Gasteiger partial charge < -0.3 is 10.3 Å². The summed E-state index contributed by atoms with van der Waals surface area (Å²) in [6.07, 6.45) is 3.27. The number of hydrogen-bond acceptors (Lipinski definition) is 1. The molecule has 2 nitrogen and oxygen atoms in total.